The van der Waals surface area contributed by atoms with Crippen molar-refractivity contribution in [3.63, 3.8) is 0 Å². The van der Waals surface area contributed by atoms with Gasteiger partial charge in [-0.15, -0.1) is 0 Å². The molecule has 2 N–H and O–H groups in total. The molecule has 0 aromatic heterocycles. The summed E-state index contributed by atoms with van der Waals surface area (Å²) in [6.45, 7) is 2.55. The second kappa shape index (κ2) is 8.92. The van der Waals surface area contributed by atoms with Gasteiger partial charge in [0.05, 0.1) is 13.7 Å². The van der Waals surface area contributed by atoms with Crippen LogP contribution >= 0.6 is 23.2 Å². The fourth-order valence-corrected chi connectivity index (χ4v) is 2.89. The standard InChI is InChI=1S/C18H20Cl2N2O2/c1-12(15-8-7-14(19)9-16(15)20)21-11-18(23)22-10-13-5-3-4-6-17(13)24-2/h3-9,12,21H,10-11H2,1-2H3,(H,22,23)/t12-/m0/s1. The molecule has 0 fully saturated rings. The summed E-state index contributed by atoms with van der Waals surface area (Å²) in [5, 5.41) is 7.19. The average Bonchev–Trinajstić information content (AvgIpc) is 2.58. The van der Waals surface area contributed by atoms with Gasteiger partial charge in [-0.25, -0.2) is 0 Å². The van der Waals surface area contributed by atoms with Crippen LogP contribution in [0.25, 0.3) is 0 Å². The molecule has 24 heavy (non-hydrogen) atoms. The van der Waals surface area contributed by atoms with Crippen LogP contribution < -0.4 is 15.4 Å². The molecular weight excluding hydrogens is 347 g/mol. The highest BCUT2D eigenvalue weighted by Crippen LogP contribution is 2.25. The maximum Gasteiger partial charge on any atom is 0.234 e. The van der Waals surface area contributed by atoms with E-state index in [-0.39, 0.29) is 18.5 Å². The minimum atomic E-state index is -0.0992. The van der Waals surface area contributed by atoms with E-state index in [0.29, 0.717) is 16.6 Å². The Morgan fingerprint density at radius 3 is 2.67 bits per heavy atom. The van der Waals surface area contributed by atoms with E-state index in [9.17, 15) is 4.79 Å². The number of halogens is 2. The molecule has 2 aromatic carbocycles. The molecule has 2 aromatic rings. The van der Waals surface area contributed by atoms with Crippen molar-refractivity contribution in [1.29, 1.82) is 0 Å². The van der Waals surface area contributed by atoms with Crippen LogP contribution in [0.4, 0.5) is 0 Å². The van der Waals surface area contributed by atoms with Gasteiger partial charge in [0, 0.05) is 28.2 Å². The predicted molar refractivity (Wildman–Crippen MR) is 97.7 cm³/mol. The summed E-state index contributed by atoms with van der Waals surface area (Å²) < 4.78 is 5.26. The Labute approximate surface area is 152 Å². The van der Waals surface area contributed by atoms with Gasteiger partial charge in [-0.3, -0.25) is 4.79 Å². The van der Waals surface area contributed by atoms with Crippen molar-refractivity contribution in [3.05, 3.63) is 63.6 Å². The summed E-state index contributed by atoms with van der Waals surface area (Å²) in [7, 11) is 1.61. The largest absolute Gasteiger partial charge is 0.496 e. The highest BCUT2D eigenvalue weighted by molar-refractivity contribution is 6.35. The zero-order valence-electron chi connectivity index (χ0n) is 13.6. The highest BCUT2D eigenvalue weighted by Gasteiger charge is 2.11. The Morgan fingerprint density at radius 1 is 1.21 bits per heavy atom. The predicted octanol–water partition coefficient (Wildman–Crippen LogP) is 3.97. The summed E-state index contributed by atoms with van der Waals surface area (Å²) >= 11 is 12.1. The lowest BCUT2D eigenvalue weighted by Gasteiger charge is -2.16. The third-order valence-electron chi connectivity index (χ3n) is 3.67. The quantitative estimate of drug-likeness (QED) is 0.779. The molecule has 0 saturated heterocycles. The van der Waals surface area contributed by atoms with Crippen molar-refractivity contribution in [2.24, 2.45) is 0 Å². The monoisotopic (exact) mass is 366 g/mol. The molecule has 1 atom stereocenters. The number of rotatable bonds is 7. The van der Waals surface area contributed by atoms with Crippen LogP contribution in [-0.4, -0.2) is 19.6 Å². The molecule has 2 rings (SSSR count). The van der Waals surface area contributed by atoms with Crippen molar-refractivity contribution in [1.82, 2.24) is 10.6 Å². The third kappa shape index (κ3) is 5.13. The van der Waals surface area contributed by atoms with Crippen LogP contribution in [0.1, 0.15) is 24.1 Å². The second-order valence-corrected chi connectivity index (χ2v) is 6.20. The zero-order chi connectivity index (χ0) is 17.5. The Bertz CT molecular complexity index is 707. The third-order valence-corrected chi connectivity index (χ3v) is 4.23. The first kappa shape index (κ1) is 18.6. The van der Waals surface area contributed by atoms with Crippen LogP contribution in [0.2, 0.25) is 10.0 Å². The number of methoxy groups -OCH3 is 1. The van der Waals surface area contributed by atoms with Gasteiger partial charge < -0.3 is 15.4 Å². The van der Waals surface area contributed by atoms with Crippen molar-refractivity contribution in [3.8, 4) is 5.75 Å². The number of hydrogen-bond donors (Lipinski definition) is 2. The molecule has 0 aliphatic carbocycles. The lowest BCUT2D eigenvalue weighted by molar-refractivity contribution is -0.120. The van der Waals surface area contributed by atoms with Gasteiger partial charge in [-0.1, -0.05) is 47.5 Å². The van der Waals surface area contributed by atoms with Crippen LogP contribution in [0.3, 0.4) is 0 Å². The molecule has 1 amide bonds. The first-order valence-corrected chi connectivity index (χ1v) is 8.33. The van der Waals surface area contributed by atoms with Gasteiger partial charge in [0.1, 0.15) is 5.75 Å². The topological polar surface area (TPSA) is 50.4 Å². The maximum absolute atomic E-state index is 12.0. The van der Waals surface area contributed by atoms with Gasteiger partial charge in [0.25, 0.3) is 0 Å². The molecule has 0 unspecified atom stereocenters. The molecule has 0 saturated carbocycles. The normalized spacial score (nSPS) is 11.8. The Morgan fingerprint density at radius 2 is 1.96 bits per heavy atom. The smallest absolute Gasteiger partial charge is 0.234 e. The minimum Gasteiger partial charge on any atom is -0.496 e. The summed E-state index contributed by atoms with van der Waals surface area (Å²) in [6.07, 6.45) is 0. The Kier molecular flexibility index (Phi) is 6.91. The van der Waals surface area contributed by atoms with E-state index >= 15 is 0 Å². The number of hydrogen-bond acceptors (Lipinski definition) is 3. The molecule has 0 heterocycles. The fourth-order valence-electron chi connectivity index (χ4n) is 2.31. The first-order valence-electron chi connectivity index (χ1n) is 7.58. The molecule has 0 aliphatic heterocycles. The van der Waals surface area contributed by atoms with Crippen molar-refractivity contribution in [2.45, 2.75) is 19.5 Å². The van der Waals surface area contributed by atoms with Crippen LogP contribution in [-0.2, 0) is 11.3 Å². The van der Waals surface area contributed by atoms with Gasteiger partial charge in [0.15, 0.2) is 0 Å². The number of para-hydroxylation sites is 1. The SMILES string of the molecule is COc1ccccc1CNC(=O)CN[C@@H](C)c1ccc(Cl)cc1Cl. The van der Waals surface area contributed by atoms with Crippen molar-refractivity contribution >= 4 is 29.1 Å². The highest BCUT2D eigenvalue weighted by atomic mass is 35.5. The average molecular weight is 367 g/mol. The number of amides is 1. The second-order valence-electron chi connectivity index (χ2n) is 5.36. The minimum absolute atomic E-state index is 0.0632. The summed E-state index contributed by atoms with van der Waals surface area (Å²) in [4.78, 5) is 12.0. The number of carbonyl (C=O) groups excluding carboxylic acids is 1. The fraction of sp³-hybridized carbons (Fsp3) is 0.278. The van der Waals surface area contributed by atoms with E-state index in [1.807, 2.05) is 37.3 Å². The number of carbonyl (C=O) groups is 1. The zero-order valence-corrected chi connectivity index (χ0v) is 15.1. The van der Waals surface area contributed by atoms with Crippen LogP contribution in [0.15, 0.2) is 42.5 Å². The van der Waals surface area contributed by atoms with E-state index in [2.05, 4.69) is 10.6 Å². The molecular formula is C18H20Cl2N2O2. The number of benzene rings is 2. The molecule has 0 spiro atoms. The summed E-state index contributed by atoms with van der Waals surface area (Å²) in [5.41, 5.74) is 1.83. The molecule has 0 bridgehead atoms. The summed E-state index contributed by atoms with van der Waals surface area (Å²) in [6, 6.07) is 12.9. The molecule has 0 radical (unpaired) electrons. The van der Waals surface area contributed by atoms with E-state index in [0.717, 1.165) is 16.9 Å². The lowest BCUT2D eigenvalue weighted by atomic mass is 10.1. The summed E-state index contributed by atoms with van der Waals surface area (Å²) in [5.74, 6) is 0.657. The Balaban J connectivity index is 1.84. The van der Waals surface area contributed by atoms with E-state index in [4.69, 9.17) is 27.9 Å². The van der Waals surface area contributed by atoms with Crippen LogP contribution in [0.5, 0.6) is 5.75 Å². The molecule has 4 nitrogen and oxygen atoms in total. The number of ether oxygens (including phenoxy) is 1. The van der Waals surface area contributed by atoms with Gasteiger partial charge in [-0.05, 0) is 30.7 Å². The molecule has 0 aliphatic rings. The van der Waals surface area contributed by atoms with E-state index < -0.39 is 0 Å². The van der Waals surface area contributed by atoms with Crippen LogP contribution in [0, 0.1) is 0 Å². The molecule has 6 heteroatoms. The van der Waals surface area contributed by atoms with E-state index in [1.54, 1.807) is 19.2 Å². The van der Waals surface area contributed by atoms with Gasteiger partial charge in [-0.2, -0.15) is 0 Å². The maximum atomic E-state index is 12.0. The van der Waals surface area contributed by atoms with E-state index in [1.165, 1.54) is 0 Å². The van der Waals surface area contributed by atoms with Crippen molar-refractivity contribution < 1.29 is 9.53 Å². The molecule has 128 valence electrons. The first-order chi connectivity index (χ1) is 11.5. The lowest BCUT2D eigenvalue weighted by Crippen LogP contribution is -2.34. The van der Waals surface area contributed by atoms with Gasteiger partial charge in [0.2, 0.25) is 5.91 Å². The number of nitrogens with one attached hydrogen (secondary N) is 2. The van der Waals surface area contributed by atoms with Crippen molar-refractivity contribution in [2.75, 3.05) is 13.7 Å². The van der Waals surface area contributed by atoms with Gasteiger partial charge >= 0.3 is 0 Å². The Hall–Kier alpha value is -1.75.